The first-order valence-corrected chi connectivity index (χ1v) is 7.42. The van der Waals surface area contributed by atoms with Crippen LogP contribution in [0.5, 0.6) is 0 Å². The summed E-state index contributed by atoms with van der Waals surface area (Å²) in [4.78, 5) is 10.3. The van der Waals surface area contributed by atoms with Crippen molar-refractivity contribution in [1.82, 2.24) is 5.16 Å². The number of nitrogens with zero attached hydrogens (tertiary/aromatic N) is 2. The molecule has 1 heterocycles. The van der Waals surface area contributed by atoms with Crippen molar-refractivity contribution in [2.45, 2.75) is 18.6 Å². The zero-order valence-corrected chi connectivity index (χ0v) is 11.8. The lowest BCUT2D eigenvalue weighted by Crippen LogP contribution is -2.15. The van der Waals surface area contributed by atoms with E-state index in [4.69, 9.17) is 4.52 Å². The van der Waals surface area contributed by atoms with Crippen LogP contribution in [0.2, 0.25) is 0 Å². The number of hydrogen-bond donors (Lipinski definition) is 1. The van der Waals surface area contributed by atoms with Gasteiger partial charge in [0.25, 0.3) is 10.1 Å². The smallest absolute Gasteiger partial charge is 0.334 e. The summed E-state index contributed by atoms with van der Waals surface area (Å²) in [5, 5.41) is 13.1. The van der Waals surface area contributed by atoms with Crippen LogP contribution in [0.15, 0.2) is 34.9 Å². The lowest BCUT2D eigenvalue weighted by atomic mass is 10.1. The Morgan fingerprint density at radius 3 is 2.52 bits per heavy atom. The van der Waals surface area contributed by atoms with Gasteiger partial charge >= 0.3 is 5.69 Å². The Morgan fingerprint density at radius 2 is 2.00 bits per heavy atom. The first kappa shape index (κ1) is 15.1. The van der Waals surface area contributed by atoms with E-state index in [0.717, 1.165) is 0 Å². The van der Waals surface area contributed by atoms with E-state index in [1.54, 1.807) is 18.2 Å². The molecule has 1 atom stereocenters. The van der Waals surface area contributed by atoms with Gasteiger partial charge in [-0.1, -0.05) is 35.5 Å². The zero-order chi connectivity index (χ0) is 15.6. The minimum Gasteiger partial charge on any atom is -0.354 e. The fraction of sp³-hybridized carbons (Fsp3) is 0.250. The highest BCUT2D eigenvalue weighted by Gasteiger charge is 2.32. The van der Waals surface area contributed by atoms with Gasteiger partial charge in [0.1, 0.15) is 5.25 Å². The topological polar surface area (TPSA) is 124 Å². The van der Waals surface area contributed by atoms with Crippen LogP contribution in [0.3, 0.4) is 0 Å². The number of aryl methyl sites for hydroxylation is 1. The zero-order valence-electron chi connectivity index (χ0n) is 11.0. The molecule has 0 aliphatic carbocycles. The summed E-state index contributed by atoms with van der Waals surface area (Å²) in [5.74, 6) is -0.191. The molecule has 112 valence electrons. The second-order valence-corrected chi connectivity index (χ2v) is 6.01. The third-order valence-electron chi connectivity index (χ3n) is 2.98. The van der Waals surface area contributed by atoms with E-state index in [1.807, 2.05) is 0 Å². The number of nitro groups is 1. The number of benzene rings is 1. The summed E-state index contributed by atoms with van der Waals surface area (Å²) in [6.45, 7) is 1.39. The van der Waals surface area contributed by atoms with Crippen molar-refractivity contribution in [3.63, 3.8) is 0 Å². The molecule has 2 rings (SSSR count). The van der Waals surface area contributed by atoms with Crippen LogP contribution < -0.4 is 0 Å². The third-order valence-corrected chi connectivity index (χ3v) is 4.14. The number of aromatic nitrogens is 1. The summed E-state index contributed by atoms with van der Waals surface area (Å²) in [7, 11) is -4.46. The van der Waals surface area contributed by atoms with E-state index in [2.05, 4.69) is 5.16 Å². The molecule has 0 bridgehead atoms. The second kappa shape index (κ2) is 5.62. The molecule has 0 aliphatic heterocycles. The van der Waals surface area contributed by atoms with Crippen molar-refractivity contribution >= 4 is 15.8 Å². The standard InChI is InChI=1S/C12H12N2O6S/c1-8-12(14(15)16)10(20-13-8)7-11(21(17,18)19)9-5-3-2-4-6-9/h2-6,11H,7H2,1H3,(H,17,18,19). The average Bonchev–Trinajstić information content (AvgIpc) is 2.77. The van der Waals surface area contributed by atoms with E-state index in [9.17, 15) is 23.1 Å². The van der Waals surface area contributed by atoms with Crippen LogP contribution in [-0.4, -0.2) is 23.1 Å². The highest BCUT2D eigenvalue weighted by molar-refractivity contribution is 7.86. The summed E-state index contributed by atoms with van der Waals surface area (Å²) >= 11 is 0. The van der Waals surface area contributed by atoms with E-state index in [-0.39, 0.29) is 23.6 Å². The van der Waals surface area contributed by atoms with Gasteiger partial charge in [-0.25, -0.2) is 0 Å². The molecular weight excluding hydrogens is 300 g/mol. The lowest BCUT2D eigenvalue weighted by Gasteiger charge is -2.12. The minimum atomic E-state index is -4.46. The predicted octanol–water partition coefficient (Wildman–Crippen LogP) is 2.06. The second-order valence-electron chi connectivity index (χ2n) is 4.42. The quantitative estimate of drug-likeness (QED) is 0.509. The Bertz CT molecular complexity index is 753. The van der Waals surface area contributed by atoms with Crippen molar-refractivity contribution in [2.75, 3.05) is 0 Å². The Labute approximate surface area is 120 Å². The highest BCUT2D eigenvalue weighted by atomic mass is 32.2. The van der Waals surface area contributed by atoms with Gasteiger partial charge in [-0.2, -0.15) is 8.42 Å². The van der Waals surface area contributed by atoms with Gasteiger partial charge < -0.3 is 4.52 Å². The monoisotopic (exact) mass is 312 g/mol. The van der Waals surface area contributed by atoms with Crippen LogP contribution in [0.4, 0.5) is 5.69 Å². The third kappa shape index (κ3) is 3.26. The van der Waals surface area contributed by atoms with Gasteiger partial charge in [0, 0.05) is 6.42 Å². The SMILES string of the molecule is Cc1noc(CC(c2ccccc2)S(=O)(=O)O)c1[N+](=O)[O-]. The maximum atomic E-state index is 11.5. The maximum absolute atomic E-state index is 11.5. The molecule has 9 heteroatoms. The molecular formula is C12H12N2O6S. The number of rotatable bonds is 5. The molecule has 0 radical (unpaired) electrons. The van der Waals surface area contributed by atoms with Gasteiger partial charge in [0.2, 0.25) is 5.76 Å². The molecule has 8 nitrogen and oxygen atoms in total. The molecule has 0 saturated carbocycles. The average molecular weight is 312 g/mol. The summed E-state index contributed by atoms with van der Waals surface area (Å²) in [6, 6.07) is 7.91. The van der Waals surface area contributed by atoms with E-state index < -0.39 is 20.3 Å². The molecule has 1 aromatic heterocycles. The molecule has 0 saturated heterocycles. The molecule has 0 amide bonds. The van der Waals surface area contributed by atoms with Crippen molar-refractivity contribution in [1.29, 1.82) is 0 Å². The fourth-order valence-electron chi connectivity index (χ4n) is 2.01. The fourth-order valence-corrected chi connectivity index (χ4v) is 2.87. The Balaban J connectivity index is 2.45. The Kier molecular flexibility index (Phi) is 4.05. The highest BCUT2D eigenvalue weighted by Crippen LogP contribution is 2.31. The van der Waals surface area contributed by atoms with Crippen molar-refractivity contribution < 1.29 is 22.4 Å². The van der Waals surface area contributed by atoms with E-state index in [1.165, 1.54) is 19.1 Å². The molecule has 0 fully saturated rings. The van der Waals surface area contributed by atoms with Gasteiger partial charge in [0.05, 0.1) is 4.92 Å². The van der Waals surface area contributed by atoms with Gasteiger partial charge in [-0.3, -0.25) is 14.7 Å². The molecule has 0 spiro atoms. The summed E-state index contributed by atoms with van der Waals surface area (Å²) in [6.07, 6.45) is -0.375. The summed E-state index contributed by atoms with van der Waals surface area (Å²) in [5.41, 5.74) is -0.0138. The van der Waals surface area contributed by atoms with E-state index >= 15 is 0 Å². The predicted molar refractivity (Wildman–Crippen MR) is 72.3 cm³/mol. The van der Waals surface area contributed by atoms with E-state index in [0.29, 0.717) is 5.56 Å². The van der Waals surface area contributed by atoms with Crippen molar-refractivity contribution in [3.8, 4) is 0 Å². The molecule has 1 N–H and O–H groups in total. The minimum absolute atomic E-state index is 0.0529. The van der Waals surface area contributed by atoms with Gasteiger partial charge in [-0.15, -0.1) is 0 Å². The molecule has 21 heavy (non-hydrogen) atoms. The first-order chi connectivity index (χ1) is 9.80. The van der Waals surface area contributed by atoms with Crippen LogP contribution in [-0.2, 0) is 16.5 Å². The molecule has 1 unspecified atom stereocenters. The van der Waals surface area contributed by atoms with Crippen LogP contribution in [0, 0.1) is 17.0 Å². The first-order valence-electron chi connectivity index (χ1n) is 5.91. The lowest BCUT2D eigenvalue weighted by molar-refractivity contribution is -0.386. The summed E-state index contributed by atoms with van der Waals surface area (Å²) < 4.78 is 37.3. The van der Waals surface area contributed by atoms with Gasteiger partial charge in [-0.05, 0) is 12.5 Å². The van der Waals surface area contributed by atoms with Crippen molar-refractivity contribution in [2.24, 2.45) is 0 Å². The van der Waals surface area contributed by atoms with Crippen molar-refractivity contribution in [3.05, 3.63) is 57.5 Å². The van der Waals surface area contributed by atoms with Crippen LogP contribution >= 0.6 is 0 Å². The largest absolute Gasteiger partial charge is 0.354 e. The van der Waals surface area contributed by atoms with Gasteiger partial charge in [0.15, 0.2) is 5.69 Å². The molecule has 0 aliphatic rings. The van der Waals surface area contributed by atoms with Crippen LogP contribution in [0.25, 0.3) is 0 Å². The normalized spacial score (nSPS) is 13.0. The maximum Gasteiger partial charge on any atom is 0.334 e. The van der Waals surface area contributed by atoms with Crippen LogP contribution in [0.1, 0.15) is 22.3 Å². The Morgan fingerprint density at radius 1 is 1.38 bits per heavy atom. The Hall–Kier alpha value is -2.26. The number of hydrogen-bond acceptors (Lipinski definition) is 6. The molecule has 2 aromatic rings. The molecule has 1 aromatic carbocycles.